The fourth-order valence-electron chi connectivity index (χ4n) is 4.18. The molecule has 1 aliphatic heterocycles. The molecular formula is C27H30N2O3S. The molecule has 0 saturated carbocycles. The first-order valence-corrected chi connectivity index (χ1v) is 13.0. The van der Waals surface area contributed by atoms with Crippen LogP contribution in [0.2, 0.25) is 0 Å². The average Bonchev–Trinajstić information content (AvgIpc) is 3.41. The van der Waals surface area contributed by atoms with E-state index in [9.17, 15) is 13.2 Å². The third kappa shape index (κ3) is 5.89. The Morgan fingerprint density at radius 1 is 0.758 bits per heavy atom. The summed E-state index contributed by atoms with van der Waals surface area (Å²) < 4.78 is 27.5. The molecule has 5 nitrogen and oxygen atoms in total. The predicted molar refractivity (Wildman–Crippen MR) is 131 cm³/mol. The van der Waals surface area contributed by atoms with Gasteiger partial charge in [-0.1, -0.05) is 66.7 Å². The Hall–Kier alpha value is -2.96. The van der Waals surface area contributed by atoms with Crippen molar-refractivity contribution in [3.05, 3.63) is 102 Å². The minimum absolute atomic E-state index is 0.139. The third-order valence-corrected chi connectivity index (χ3v) is 7.99. The van der Waals surface area contributed by atoms with Gasteiger partial charge in [0.15, 0.2) is 0 Å². The summed E-state index contributed by atoms with van der Waals surface area (Å²) in [5.74, 6) is -0.139. The minimum atomic E-state index is -3.57. The number of hydrogen-bond acceptors (Lipinski definition) is 3. The summed E-state index contributed by atoms with van der Waals surface area (Å²) in [6, 6.07) is 26.7. The molecule has 33 heavy (non-hydrogen) atoms. The van der Waals surface area contributed by atoms with Crippen LogP contribution in [0.3, 0.4) is 0 Å². The maximum absolute atomic E-state index is 13.5. The normalized spacial score (nSPS) is 14.3. The summed E-state index contributed by atoms with van der Waals surface area (Å²) in [5, 5.41) is 0. The maximum Gasteiger partial charge on any atom is 0.253 e. The quantitative estimate of drug-likeness (QED) is 0.474. The van der Waals surface area contributed by atoms with Gasteiger partial charge in [0.1, 0.15) is 0 Å². The highest BCUT2D eigenvalue weighted by Crippen LogP contribution is 2.22. The summed E-state index contributed by atoms with van der Waals surface area (Å²) >= 11 is 0. The van der Waals surface area contributed by atoms with Crippen molar-refractivity contribution in [1.29, 1.82) is 0 Å². The predicted octanol–water partition coefficient (Wildman–Crippen LogP) is 4.40. The molecule has 172 valence electrons. The molecule has 1 fully saturated rings. The van der Waals surface area contributed by atoms with Crippen molar-refractivity contribution < 1.29 is 13.2 Å². The van der Waals surface area contributed by atoms with Crippen LogP contribution in [0.15, 0.2) is 89.8 Å². The lowest BCUT2D eigenvalue weighted by atomic mass is 10.1. The second kappa shape index (κ2) is 10.8. The average molecular weight is 463 g/mol. The fraction of sp³-hybridized carbons (Fsp3) is 0.296. The lowest BCUT2D eigenvalue weighted by molar-refractivity contribution is 0.0759. The van der Waals surface area contributed by atoms with E-state index in [1.165, 1.54) is 21.5 Å². The molecule has 1 heterocycles. The fourth-order valence-corrected chi connectivity index (χ4v) is 5.75. The van der Waals surface area contributed by atoms with Gasteiger partial charge in [0, 0.05) is 31.7 Å². The molecule has 6 heteroatoms. The van der Waals surface area contributed by atoms with Crippen LogP contribution in [0, 0.1) is 0 Å². The van der Waals surface area contributed by atoms with E-state index in [2.05, 4.69) is 24.3 Å². The second-order valence-electron chi connectivity index (χ2n) is 8.40. The van der Waals surface area contributed by atoms with Crippen LogP contribution in [0.5, 0.6) is 0 Å². The van der Waals surface area contributed by atoms with Crippen LogP contribution in [0.25, 0.3) is 0 Å². The van der Waals surface area contributed by atoms with Crippen molar-refractivity contribution in [3.63, 3.8) is 0 Å². The van der Waals surface area contributed by atoms with Gasteiger partial charge in [0.05, 0.1) is 4.90 Å². The summed E-state index contributed by atoms with van der Waals surface area (Å²) in [6.45, 7) is 2.22. The molecule has 1 saturated heterocycles. The lowest BCUT2D eigenvalue weighted by Crippen LogP contribution is -2.35. The van der Waals surface area contributed by atoms with Crippen molar-refractivity contribution in [2.24, 2.45) is 0 Å². The molecule has 0 spiro atoms. The zero-order chi connectivity index (χ0) is 23.1. The molecule has 0 N–H and O–H groups in total. The molecule has 3 aromatic rings. The monoisotopic (exact) mass is 462 g/mol. The van der Waals surface area contributed by atoms with Gasteiger partial charge in [0.25, 0.3) is 5.91 Å². The highest BCUT2D eigenvalue weighted by atomic mass is 32.2. The molecule has 0 aliphatic carbocycles. The van der Waals surface area contributed by atoms with Crippen LogP contribution < -0.4 is 0 Å². The van der Waals surface area contributed by atoms with E-state index in [0.29, 0.717) is 31.7 Å². The molecule has 3 aromatic carbocycles. The zero-order valence-corrected chi connectivity index (χ0v) is 19.6. The standard InChI is InChI=1S/C27H30N2O3S/c30-27(25-14-9-15-26(22-25)33(31,32)29-18-7-8-19-29)28(20-16-23-10-3-1-4-11-23)21-17-24-12-5-2-6-13-24/h1-6,9-15,22H,7-8,16-21H2. The Morgan fingerprint density at radius 3 is 1.85 bits per heavy atom. The largest absolute Gasteiger partial charge is 0.338 e. The van der Waals surface area contributed by atoms with Crippen LogP contribution in [0.1, 0.15) is 34.3 Å². The molecule has 0 radical (unpaired) electrons. The number of carbonyl (C=O) groups excluding carboxylic acids is 1. The molecule has 0 bridgehead atoms. The number of carbonyl (C=O) groups is 1. The lowest BCUT2D eigenvalue weighted by Gasteiger charge is -2.24. The molecular weight excluding hydrogens is 432 g/mol. The Labute approximate surface area is 196 Å². The first kappa shape index (κ1) is 23.2. The first-order chi connectivity index (χ1) is 16.0. The molecule has 1 aliphatic rings. The topological polar surface area (TPSA) is 57.7 Å². The number of rotatable bonds is 9. The van der Waals surface area contributed by atoms with Crippen molar-refractivity contribution in [2.45, 2.75) is 30.6 Å². The van der Waals surface area contributed by atoms with E-state index < -0.39 is 10.0 Å². The van der Waals surface area contributed by atoms with Gasteiger partial charge in [-0.25, -0.2) is 8.42 Å². The minimum Gasteiger partial charge on any atom is -0.338 e. The van der Waals surface area contributed by atoms with Gasteiger partial charge in [0.2, 0.25) is 10.0 Å². The van der Waals surface area contributed by atoms with Gasteiger partial charge in [-0.05, 0) is 55.0 Å². The highest BCUT2D eigenvalue weighted by Gasteiger charge is 2.28. The summed E-state index contributed by atoms with van der Waals surface area (Å²) in [7, 11) is -3.57. The Bertz CT molecular complexity index is 1110. The van der Waals surface area contributed by atoms with Gasteiger partial charge in [-0.15, -0.1) is 0 Å². The van der Waals surface area contributed by atoms with Gasteiger partial charge >= 0.3 is 0 Å². The molecule has 0 unspecified atom stereocenters. The SMILES string of the molecule is O=C(c1cccc(S(=O)(=O)N2CCCC2)c1)N(CCc1ccccc1)CCc1ccccc1. The van der Waals surface area contributed by atoms with Crippen LogP contribution in [-0.4, -0.2) is 49.7 Å². The molecule has 0 atom stereocenters. The van der Waals surface area contributed by atoms with Gasteiger partial charge < -0.3 is 4.90 Å². The van der Waals surface area contributed by atoms with E-state index in [1.54, 1.807) is 18.2 Å². The van der Waals surface area contributed by atoms with Crippen LogP contribution in [0.4, 0.5) is 0 Å². The smallest absolute Gasteiger partial charge is 0.253 e. The molecule has 0 aromatic heterocycles. The van der Waals surface area contributed by atoms with E-state index in [0.717, 1.165) is 25.7 Å². The van der Waals surface area contributed by atoms with Crippen molar-refractivity contribution >= 4 is 15.9 Å². The van der Waals surface area contributed by atoms with Gasteiger partial charge in [-0.3, -0.25) is 4.79 Å². The highest BCUT2D eigenvalue weighted by molar-refractivity contribution is 7.89. The Morgan fingerprint density at radius 2 is 1.30 bits per heavy atom. The second-order valence-corrected chi connectivity index (χ2v) is 10.3. The van der Waals surface area contributed by atoms with Crippen LogP contribution >= 0.6 is 0 Å². The van der Waals surface area contributed by atoms with Crippen molar-refractivity contribution in [3.8, 4) is 0 Å². The Kier molecular flexibility index (Phi) is 7.57. The number of amides is 1. The third-order valence-electron chi connectivity index (χ3n) is 6.10. The van der Waals surface area contributed by atoms with E-state index in [-0.39, 0.29) is 10.8 Å². The van der Waals surface area contributed by atoms with Gasteiger partial charge in [-0.2, -0.15) is 4.31 Å². The van der Waals surface area contributed by atoms with E-state index in [4.69, 9.17) is 0 Å². The summed E-state index contributed by atoms with van der Waals surface area (Å²) in [6.07, 6.45) is 3.25. The van der Waals surface area contributed by atoms with Crippen molar-refractivity contribution in [2.75, 3.05) is 26.2 Å². The molecule has 4 rings (SSSR count). The van der Waals surface area contributed by atoms with E-state index >= 15 is 0 Å². The van der Waals surface area contributed by atoms with Crippen molar-refractivity contribution in [1.82, 2.24) is 9.21 Å². The molecule has 1 amide bonds. The first-order valence-electron chi connectivity index (χ1n) is 11.5. The number of benzene rings is 3. The number of nitrogens with zero attached hydrogens (tertiary/aromatic N) is 2. The maximum atomic E-state index is 13.5. The summed E-state index contributed by atoms with van der Waals surface area (Å²) in [5.41, 5.74) is 2.75. The number of sulfonamides is 1. The number of hydrogen-bond donors (Lipinski definition) is 0. The van der Waals surface area contributed by atoms with Crippen LogP contribution in [-0.2, 0) is 22.9 Å². The Balaban J connectivity index is 1.54. The zero-order valence-electron chi connectivity index (χ0n) is 18.8. The summed E-state index contributed by atoms with van der Waals surface area (Å²) in [4.78, 5) is 15.5. The van der Waals surface area contributed by atoms with E-state index in [1.807, 2.05) is 41.3 Å².